The van der Waals surface area contributed by atoms with Crippen molar-refractivity contribution in [1.82, 2.24) is 4.90 Å². The average Bonchev–Trinajstić information content (AvgIpc) is 2.99. The van der Waals surface area contributed by atoms with Crippen LogP contribution in [0.2, 0.25) is 0 Å². The molecule has 0 unspecified atom stereocenters. The van der Waals surface area contributed by atoms with Crippen LogP contribution in [-0.4, -0.2) is 42.7 Å². The van der Waals surface area contributed by atoms with Crippen molar-refractivity contribution in [3.8, 4) is 0 Å². The SMILES string of the molecule is CCOC(=O)c1c(NC(=O)CCSc2ccccc2)sc2c1CCN(C)C2. The number of nitrogens with one attached hydrogen (secondary N) is 1. The molecule has 1 aromatic heterocycles. The van der Waals surface area contributed by atoms with Crippen LogP contribution in [0.5, 0.6) is 0 Å². The normalized spacial score (nSPS) is 13.9. The van der Waals surface area contributed by atoms with Crippen molar-refractivity contribution in [3.05, 3.63) is 46.3 Å². The summed E-state index contributed by atoms with van der Waals surface area (Å²) in [4.78, 5) is 29.4. The number of thiophene rings is 1. The highest BCUT2D eigenvalue weighted by Crippen LogP contribution is 2.37. The lowest BCUT2D eigenvalue weighted by Gasteiger charge is -2.22. The zero-order valence-electron chi connectivity index (χ0n) is 15.6. The van der Waals surface area contributed by atoms with E-state index in [1.165, 1.54) is 11.3 Å². The van der Waals surface area contributed by atoms with Crippen molar-refractivity contribution >= 4 is 40.0 Å². The summed E-state index contributed by atoms with van der Waals surface area (Å²) < 4.78 is 5.24. The van der Waals surface area contributed by atoms with Gasteiger partial charge in [0, 0.05) is 35.0 Å². The minimum Gasteiger partial charge on any atom is -0.462 e. The molecule has 27 heavy (non-hydrogen) atoms. The number of anilines is 1. The van der Waals surface area contributed by atoms with E-state index < -0.39 is 0 Å². The summed E-state index contributed by atoms with van der Waals surface area (Å²) in [5.41, 5.74) is 1.58. The van der Waals surface area contributed by atoms with Crippen molar-refractivity contribution in [2.45, 2.75) is 31.2 Å². The second-order valence-corrected chi connectivity index (χ2v) is 8.65. The van der Waals surface area contributed by atoms with Gasteiger partial charge in [-0.05, 0) is 38.1 Å². The summed E-state index contributed by atoms with van der Waals surface area (Å²) in [6.07, 6.45) is 1.19. The molecule has 1 N–H and O–H groups in total. The number of carbonyl (C=O) groups is 2. The van der Waals surface area contributed by atoms with Crippen molar-refractivity contribution < 1.29 is 14.3 Å². The van der Waals surface area contributed by atoms with Crippen LogP contribution in [0.25, 0.3) is 0 Å². The molecule has 0 saturated heterocycles. The van der Waals surface area contributed by atoms with Gasteiger partial charge in [0.1, 0.15) is 5.00 Å². The zero-order valence-corrected chi connectivity index (χ0v) is 17.3. The van der Waals surface area contributed by atoms with Crippen LogP contribution in [0.3, 0.4) is 0 Å². The fraction of sp³-hybridized carbons (Fsp3) is 0.400. The van der Waals surface area contributed by atoms with E-state index >= 15 is 0 Å². The number of hydrogen-bond acceptors (Lipinski definition) is 6. The van der Waals surface area contributed by atoms with Crippen LogP contribution in [-0.2, 0) is 22.5 Å². The predicted octanol–water partition coefficient (Wildman–Crippen LogP) is 4.03. The highest BCUT2D eigenvalue weighted by molar-refractivity contribution is 7.99. The molecule has 0 bridgehead atoms. The van der Waals surface area contributed by atoms with E-state index in [4.69, 9.17) is 4.74 Å². The number of likely N-dealkylation sites (N-methyl/N-ethyl adjacent to an activating group) is 1. The topological polar surface area (TPSA) is 58.6 Å². The van der Waals surface area contributed by atoms with Gasteiger partial charge in [0.05, 0.1) is 12.2 Å². The number of nitrogens with zero attached hydrogens (tertiary/aromatic N) is 1. The Hall–Kier alpha value is -1.83. The molecule has 1 aliphatic heterocycles. The lowest BCUT2D eigenvalue weighted by atomic mass is 10.0. The van der Waals surface area contributed by atoms with E-state index in [1.54, 1.807) is 18.7 Å². The zero-order chi connectivity index (χ0) is 19.2. The molecule has 3 rings (SSSR count). The van der Waals surface area contributed by atoms with Gasteiger partial charge in [-0.3, -0.25) is 4.79 Å². The molecule has 5 nitrogen and oxygen atoms in total. The largest absolute Gasteiger partial charge is 0.462 e. The number of carbonyl (C=O) groups excluding carboxylic acids is 2. The number of hydrogen-bond donors (Lipinski definition) is 1. The standard InChI is InChI=1S/C20H24N2O3S2/c1-3-25-20(24)18-15-9-11-22(2)13-16(15)27-19(18)21-17(23)10-12-26-14-7-5-4-6-8-14/h4-8H,3,9-13H2,1-2H3,(H,21,23). The molecular formula is C20H24N2O3S2. The Balaban J connectivity index is 1.67. The monoisotopic (exact) mass is 404 g/mol. The van der Waals surface area contributed by atoms with Crippen molar-refractivity contribution in [3.63, 3.8) is 0 Å². The number of benzene rings is 1. The van der Waals surface area contributed by atoms with Gasteiger partial charge in [-0.15, -0.1) is 23.1 Å². The number of fused-ring (bicyclic) bond motifs is 1. The summed E-state index contributed by atoms with van der Waals surface area (Å²) in [5, 5.41) is 3.58. The van der Waals surface area contributed by atoms with Gasteiger partial charge >= 0.3 is 5.97 Å². The maximum Gasteiger partial charge on any atom is 0.341 e. The third-order valence-electron chi connectivity index (χ3n) is 4.32. The summed E-state index contributed by atoms with van der Waals surface area (Å²) in [5.74, 6) is 0.280. The number of esters is 1. The van der Waals surface area contributed by atoms with E-state index in [0.717, 1.165) is 34.8 Å². The van der Waals surface area contributed by atoms with Gasteiger partial charge in [-0.1, -0.05) is 18.2 Å². The van der Waals surface area contributed by atoms with Crippen LogP contribution >= 0.6 is 23.1 Å². The highest BCUT2D eigenvalue weighted by atomic mass is 32.2. The molecule has 0 spiro atoms. The van der Waals surface area contributed by atoms with Gasteiger partial charge in [-0.2, -0.15) is 0 Å². The fourth-order valence-corrected chi connectivity index (χ4v) is 5.21. The van der Waals surface area contributed by atoms with Gasteiger partial charge in [0.2, 0.25) is 5.91 Å². The first-order chi connectivity index (χ1) is 13.1. The fourth-order valence-electron chi connectivity index (χ4n) is 3.01. The predicted molar refractivity (Wildman–Crippen MR) is 111 cm³/mol. The molecule has 144 valence electrons. The van der Waals surface area contributed by atoms with E-state index in [9.17, 15) is 9.59 Å². The first-order valence-corrected chi connectivity index (χ1v) is 10.9. The smallest absolute Gasteiger partial charge is 0.341 e. The minimum absolute atomic E-state index is 0.0732. The molecule has 0 atom stereocenters. The quantitative estimate of drug-likeness (QED) is 0.558. The number of thioether (sulfide) groups is 1. The van der Waals surface area contributed by atoms with Gasteiger partial charge in [0.25, 0.3) is 0 Å². The Labute approximate surface area is 168 Å². The molecule has 0 aliphatic carbocycles. The second-order valence-electron chi connectivity index (χ2n) is 6.38. The Kier molecular flexibility index (Phi) is 6.93. The van der Waals surface area contributed by atoms with Crippen LogP contribution in [0.4, 0.5) is 5.00 Å². The minimum atomic E-state index is -0.339. The lowest BCUT2D eigenvalue weighted by Crippen LogP contribution is -2.26. The summed E-state index contributed by atoms with van der Waals surface area (Å²) in [7, 11) is 2.06. The number of ether oxygens (including phenoxy) is 1. The van der Waals surface area contributed by atoms with Crippen molar-refractivity contribution in [1.29, 1.82) is 0 Å². The molecule has 7 heteroatoms. The second kappa shape index (κ2) is 9.39. The Bertz CT molecular complexity index is 805. The van der Waals surface area contributed by atoms with E-state index in [0.29, 0.717) is 29.3 Å². The molecule has 1 amide bonds. The molecule has 2 heterocycles. The lowest BCUT2D eigenvalue weighted by molar-refractivity contribution is -0.115. The third-order valence-corrected chi connectivity index (χ3v) is 6.47. The Morgan fingerprint density at radius 2 is 2.07 bits per heavy atom. The molecule has 0 saturated carbocycles. The molecule has 2 aromatic rings. The molecule has 0 fully saturated rings. The van der Waals surface area contributed by atoms with Crippen molar-refractivity contribution in [2.24, 2.45) is 0 Å². The van der Waals surface area contributed by atoms with Crippen LogP contribution in [0, 0.1) is 0 Å². The Morgan fingerprint density at radius 1 is 1.30 bits per heavy atom. The molecule has 0 radical (unpaired) electrons. The van der Waals surface area contributed by atoms with Gasteiger partial charge < -0.3 is 15.0 Å². The molecule has 1 aliphatic rings. The number of amides is 1. The molecule has 1 aromatic carbocycles. The first kappa shape index (κ1) is 19.9. The Morgan fingerprint density at radius 3 is 2.81 bits per heavy atom. The number of rotatable bonds is 7. The summed E-state index contributed by atoms with van der Waals surface area (Å²) in [6, 6.07) is 10.0. The van der Waals surface area contributed by atoms with Crippen LogP contribution in [0.15, 0.2) is 35.2 Å². The van der Waals surface area contributed by atoms with Gasteiger partial charge in [-0.25, -0.2) is 4.79 Å². The maximum atomic E-state index is 12.5. The average molecular weight is 405 g/mol. The van der Waals surface area contributed by atoms with E-state index in [2.05, 4.69) is 17.3 Å². The summed E-state index contributed by atoms with van der Waals surface area (Å²) in [6.45, 7) is 3.82. The van der Waals surface area contributed by atoms with Crippen LogP contribution in [0.1, 0.15) is 34.1 Å². The third kappa shape index (κ3) is 5.12. The molecular weight excluding hydrogens is 380 g/mol. The summed E-state index contributed by atoms with van der Waals surface area (Å²) >= 11 is 3.15. The maximum absolute atomic E-state index is 12.5. The van der Waals surface area contributed by atoms with Crippen molar-refractivity contribution in [2.75, 3.05) is 31.3 Å². The van der Waals surface area contributed by atoms with E-state index in [-0.39, 0.29) is 11.9 Å². The highest BCUT2D eigenvalue weighted by Gasteiger charge is 2.28. The van der Waals surface area contributed by atoms with E-state index in [1.807, 2.05) is 30.3 Å². The first-order valence-electron chi connectivity index (χ1n) is 9.06. The van der Waals surface area contributed by atoms with Gasteiger partial charge in [0.15, 0.2) is 0 Å². The van der Waals surface area contributed by atoms with Crippen LogP contribution < -0.4 is 5.32 Å².